The van der Waals surface area contributed by atoms with Crippen LogP contribution in [0.4, 0.5) is 0 Å². The van der Waals surface area contributed by atoms with E-state index in [2.05, 4.69) is 31.1 Å². The molecule has 0 heterocycles. The molecule has 0 spiro atoms. The molecule has 1 rings (SSSR count). The predicted molar refractivity (Wildman–Crippen MR) is 77.2 cm³/mol. The van der Waals surface area contributed by atoms with Gasteiger partial charge in [0.25, 0.3) is 0 Å². The minimum atomic E-state index is 0.534. The molecule has 3 nitrogen and oxygen atoms in total. The van der Waals surface area contributed by atoms with Crippen LogP contribution in [-0.2, 0) is 0 Å². The summed E-state index contributed by atoms with van der Waals surface area (Å²) in [5.41, 5.74) is 0. The summed E-state index contributed by atoms with van der Waals surface area (Å²) < 4.78 is 5.64. The Bertz CT molecular complexity index is 303. The second-order valence-electron chi connectivity index (χ2n) is 4.73. The van der Waals surface area contributed by atoms with Gasteiger partial charge in [0.2, 0.25) is 0 Å². The number of likely N-dealkylation sites (N-methyl/N-ethyl adjacent to an activating group) is 1. The summed E-state index contributed by atoms with van der Waals surface area (Å²) in [5, 5.41) is 3.51. The third-order valence-corrected chi connectivity index (χ3v) is 2.95. The second-order valence-corrected chi connectivity index (χ2v) is 4.73. The van der Waals surface area contributed by atoms with Gasteiger partial charge < -0.3 is 15.0 Å². The summed E-state index contributed by atoms with van der Waals surface area (Å²) in [4.78, 5) is 2.32. The summed E-state index contributed by atoms with van der Waals surface area (Å²) in [6.07, 6.45) is 1.04. The van der Waals surface area contributed by atoms with Gasteiger partial charge in [-0.25, -0.2) is 0 Å². The first-order chi connectivity index (χ1) is 8.72. The number of hydrogen-bond acceptors (Lipinski definition) is 3. The van der Waals surface area contributed by atoms with Crippen molar-refractivity contribution in [2.45, 2.75) is 26.3 Å². The Morgan fingerprint density at radius 1 is 1.28 bits per heavy atom. The van der Waals surface area contributed by atoms with E-state index in [0.717, 1.165) is 38.4 Å². The third-order valence-electron chi connectivity index (χ3n) is 2.95. The van der Waals surface area contributed by atoms with Crippen molar-refractivity contribution >= 4 is 0 Å². The first kappa shape index (κ1) is 15.0. The van der Waals surface area contributed by atoms with Gasteiger partial charge in [-0.1, -0.05) is 25.1 Å². The number of hydrogen-bond donors (Lipinski definition) is 1. The van der Waals surface area contributed by atoms with Crippen LogP contribution in [-0.4, -0.2) is 44.2 Å². The maximum Gasteiger partial charge on any atom is 0.119 e. The average molecular weight is 250 g/mol. The zero-order valence-electron chi connectivity index (χ0n) is 11.9. The van der Waals surface area contributed by atoms with Gasteiger partial charge in [0.05, 0.1) is 6.61 Å². The molecule has 0 radical (unpaired) electrons. The highest BCUT2D eigenvalue weighted by Gasteiger charge is 2.03. The largest absolute Gasteiger partial charge is 0.494 e. The van der Waals surface area contributed by atoms with Crippen LogP contribution in [0.2, 0.25) is 0 Å². The van der Waals surface area contributed by atoms with Crippen molar-refractivity contribution in [2.75, 3.05) is 33.3 Å². The SMILES string of the molecule is CCN(C)CC(C)NCCCOc1ccccc1. The molecule has 1 N–H and O–H groups in total. The lowest BCUT2D eigenvalue weighted by Gasteiger charge is -2.20. The maximum absolute atomic E-state index is 5.64. The van der Waals surface area contributed by atoms with E-state index >= 15 is 0 Å². The van der Waals surface area contributed by atoms with E-state index in [1.165, 1.54) is 0 Å². The van der Waals surface area contributed by atoms with Crippen LogP contribution in [0, 0.1) is 0 Å². The fourth-order valence-electron chi connectivity index (χ4n) is 1.79. The molecule has 0 aliphatic carbocycles. The quantitative estimate of drug-likeness (QED) is 0.681. The van der Waals surface area contributed by atoms with Crippen LogP contribution in [0.25, 0.3) is 0 Å². The molecule has 0 aliphatic rings. The fraction of sp³-hybridized carbons (Fsp3) is 0.600. The molecular weight excluding hydrogens is 224 g/mol. The molecule has 0 saturated heterocycles. The molecule has 0 saturated carbocycles. The van der Waals surface area contributed by atoms with Crippen molar-refractivity contribution in [2.24, 2.45) is 0 Å². The Balaban J connectivity index is 2.02. The molecule has 102 valence electrons. The molecule has 0 amide bonds. The first-order valence-electron chi connectivity index (χ1n) is 6.82. The molecule has 3 heteroatoms. The lowest BCUT2D eigenvalue weighted by Crippen LogP contribution is -2.38. The fourth-order valence-corrected chi connectivity index (χ4v) is 1.79. The van der Waals surface area contributed by atoms with E-state index in [-0.39, 0.29) is 0 Å². The lowest BCUT2D eigenvalue weighted by atomic mass is 10.3. The third kappa shape index (κ3) is 6.62. The van der Waals surface area contributed by atoms with Gasteiger partial charge in [-0.3, -0.25) is 0 Å². The topological polar surface area (TPSA) is 24.5 Å². The Morgan fingerprint density at radius 3 is 2.67 bits per heavy atom. The molecule has 0 aliphatic heterocycles. The van der Waals surface area contributed by atoms with E-state index in [9.17, 15) is 0 Å². The van der Waals surface area contributed by atoms with Crippen LogP contribution >= 0.6 is 0 Å². The van der Waals surface area contributed by atoms with Crippen molar-refractivity contribution in [3.05, 3.63) is 30.3 Å². The summed E-state index contributed by atoms with van der Waals surface area (Å²) in [6.45, 7) is 8.38. The van der Waals surface area contributed by atoms with Gasteiger partial charge in [0.15, 0.2) is 0 Å². The number of para-hydroxylation sites is 1. The molecule has 1 aromatic rings. The molecular formula is C15H26N2O. The minimum Gasteiger partial charge on any atom is -0.494 e. The number of ether oxygens (including phenoxy) is 1. The summed E-state index contributed by atoms with van der Waals surface area (Å²) >= 11 is 0. The molecule has 0 bridgehead atoms. The Hall–Kier alpha value is -1.06. The van der Waals surface area contributed by atoms with Gasteiger partial charge in [-0.15, -0.1) is 0 Å². The van der Waals surface area contributed by atoms with Crippen molar-refractivity contribution < 1.29 is 4.74 Å². The summed E-state index contributed by atoms with van der Waals surface area (Å²) in [5.74, 6) is 0.955. The Kier molecular flexibility index (Phi) is 7.46. The van der Waals surface area contributed by atoms with Crippen molar-refractivity contribution in [3.63, 3.8) is 0 Å². The molecule has 0 fully saturated rings. The second kappa shape index (κ2) is 8.95. The normalized spacial score (nSPS) is 12.7. The van der Waals surface area contributed by atoms with E-state index < -0.39 is 0 Å². The standard InChI is InChI=1S/C15H26N2O/c1-4-17(3)13-14(2)16-11-8-12-18-15-9-6-5-7-10-15/h5-7,9-10,14,16H,4,8,11-13H2,1-3H3. The number of rotatable bonds is 9. The molecule has 1 aromatic carbocycles. The zero-order chi connectivity index (χ0) is 13.2. The van der Waals surface area contributed by atoms with Gasteiger partial charge in [-0.2, -0.15) is 0 Å². The first-order valence-corrected chi connectivity index (χ1v) is 6.82. The van der Waals surface area contributed by atoms with Crippen LogP contribution < -0.4 is 10.1 Å². The summed E-state index contributed by atoms with van der Waals surface area (Å²) in [6, 6.07) is 10.5. The highest BCUT2D eigenvalue weighted by Crippen LogP contribution is 2.07. The predicted octanol–water partition coefficient (Wildman–Crippen LogP) is 2.39. The van der Waals surface area contributed by atoms with Crippen LogP contribution in [0.1, 0.15) is 20.3 Å². The monoisotopic (exact) mass is 250 g/mol. The van der Waals surface area contributed by atoms with E-state index in [4.69, 9.17) is 4.74 Å². The van der Waals surface area contributed by atoms with Crippen molar-refractivity contribution in [1.82, 2.24) is 10.2 Å². The Labute approximate surface area is 111 Å². The average Bonchev–Trinajstić information content (AvgIpc) is 2.39. The summed E-state index contributed by atoms with van der Waals surface area (Å²) in [7, 11) is 2.15. The number of nitrogens with zero attached hydrogens (tertiary/aromatic N) is 1. The smallest absolute Gasteiger partial charge is 0.119 e. The molecule has 1 atom stereocenters. The van der Waals surface area contributed by atoms with E-state index in [1.54, 1.807) is 0 Å². The van der Waals surface area contributed by atoms with Crippen LogP contribution in [0.5, 0.6) is 5.75 Å². The molecule has 1 unspecified atom stereocenters. The Morgan fingerprint density at radius 2 is 2.00 bits per heavy atom. The maximum atomic E-state index is 5.64. The van der Waals surface area contributed by atoms with Gasteiger partial charge >= 0.3 is 0 Å². The molecule has 0 aromatic heterocycles. The van der Waals surface area contributed by atoms with Crippen LogP contribution in [0.15, 0.2) is 30.3 Å². The van der Waals surface area contributed by atoms with Gasteiger partial charge in [-0.05, 0) is 45.6 Å². The van der Waals surface area contributed by atoms with E-state index in [1.807, 2.05) is 30.3 Å². The number of benzene rings is 1. The zero-order valence-corrected chi connectivity index (χ0v) is 11.9. The van der Waals surface area contributed by atoms with Gasteiger partial charge in [0, 0.05) is 12.6 Å². The highest BCUT2D eigenvalue weighted by atomic mass is 16.5. The highest BCUT2D eigenvalue weighted by molar-refractivity contribution is 5.20. The van der Waals surface area contributed by atoms with Gasteiger partial charge in [0.1, 0.15) is 5.75 Å². The van der Waals surface area contributed by atoms with Crippen LogP contribution in [0.3, 0.4) is 0 Å². The minimum absolute atomic E-state index is 0.534. The van der Waals surface area contributed by atoms with E-state index in [0.29, 0.717) is 6.04 Å². The lowest BCUT2D eigenvalue weighted by molar-refractivity contribution is 0.287. The van der Waals surface area contributed by atoms with Crippen molar-refractivity contribution in [1.29, 1.82) is 0 Å². The number of nitrogens with one attached hydrogen (secondary N) is 1. The molecule has 18 heavy (non-hydrogen) atoms. The van der Waals surface area contributed by atoms with Crippen molar-refractivity contribution in [3.8, 4) is 5.75 Å².